The monoisotopic (exact) mass is 370 g/mol. The van der Waals surface area contributed by atoms with Crippen LogP contribution in [-0.4, -0.2) is 0 Å². The third-order valence-electron chi connectivity index (χ3n) is 5.83. The van der Waals surface area contributed by atoms with E-state index in [4.69, 9.17) is 8.83 Å². The van der Waals surface area contributed by atoms with Crippen molar-refractivity contribution in [3.63, 3.8) is 0 Å². The number of aryl methyl sites for hydroxylation is 2. The van der Waals surface area contributed by atoms with Crippen molar-refractivity contribution >= 4 is 43.9 Å². The molecular formula is C26H26O2. The van der Waals surface area contributed by atoms with Gasteiger partial charge in [-0.15, -0.1) is 0 Å². The van der Waals surface area contributed by atoms with E-state index in [1.807, 2.05) is 0 Å². The maximum Gasteiger partial charge on any atom is 0.136 e. The highest BCUT2D eigenvalue weighted by Gasteiger charge is 2.14. The van der Waals surface area contributed by atoms with Gasteiger partial charge in [0, 0.05) is 21.5 Å². The van der Waals surface area contributed by atoms with E-state index in [0.29, 0.717) is 0 Å². The Balaban J connectivity index is 1.68. The zero-order valence-corrected chi connectivity index (χ0v) is 16.7. The highest BCUT2D eigenvalue weighted by atomic mass is 16.3. The Bertz CT molecular complexity index is 1180. The Labute approximate surface area is 165 Å². The molecule has 0 fully saturated rings. The van der Waals surface area contributed by atoms with E-state index in [2.05, 4.69) is 62.4 Å². The first-order chi connectivity index (χ1) is 13.8. The molecule has 0 unspecified atom stereocenters. The van der Waals surface area contributed by atoms with Crippen LogP contribution in [0.15, 0.2) is 57.4 Å². The van der Waals surface area contributed by atoms with E-state index in [9.17, 15) is 0 Å². The summed E-state index contributed by atoms with van der Waals surface area (Å²) < 4.78 is 12.4. The highest BCUT2D eigenvalue weighted by molar-refractivity contribution is 6.14. The number of benzene rings is 3. The number of unbranched alkanes of at least 4 members (excludes halogenated alkanes) is 2. The average molecular weight is 370 g/mol. The fourth-order valence-electron chi connectivity index (χ4n) is 4.21. The van der Waals surface area contributed by atoms with Crippen molar-refractivity contribution < 1.29 is 8.83 Å². The first-order valence-electron chi connectivity index (χ1n) is 10.6. The summed E-state index contributed by atoms with van der Waals surface area (Å²) >= 11 is 0. The van der Waals surface area contributed by atoms with Gasteiger partial charge in [-0.2, -0.15) is 0 Å². The van der Waals surface area contributed by atoms with Gasteiger partial charge in [0.05, 0.1) is 0 Å². The van der Waals surface area contributed by atoms with Crippen LogP contribution in [-0.2, 0) is 12.8 Å². The molecule has 142 valence electrons. The predicted molar refractivity (Wildman–Crippen MR) is 118 cm³/mol. The van der Waals surface area contributed by atoms with Gasteiger partial charge in [0.1, 0.15) is 22.3 Å². The SMILES string of the molecule is CCCCc1ccc2oc3cc4c(cc3c2c1)oc1ccc(CCCC)cc14. The van der Waals surface area contributed by atoms with Crippen LogP contribution >= 0.6 is 0 Å². The van der Waals surface area contributed by atoms with Gasteiger partial charge in [-0.05, 0) is 73.2 Å². The lowest BCUT2D eigenvalue weighted by atomic mass is 10.0. The highest BCUT2D eigenvalue weighted by Crippen LogP contribution is 2.37. The zero-order valence-electron chi connectivity index (χ0n) is 16.7. The van der Waals surface area contributed by atoms with Crippen LogP contribution in [0, 0.1) is 0 Å². The molecule has 0 saturated heterocycles. The van der Waals surface area contributed by atoms with Gasteiger partial charge >= 0.3 is 0 Å². The van der Waals surface area contributed by atoms with Crippen LogP contribution < -0.4 is 0 Å². The second-order valence-corrected chi connectivity index (χ2v) is 7.92. The third kappa shape index (κ3) is 2.88. The van der Waals surface area contributed by atoms with Crippen molar-refractivity contribution in [3.8, 4) is 0 Å². The van der Waals surface area contributed by atoms with Crippen LogP contribution in [0.4, 0.5) is 0 Å². The number of rotatable bonds is 6. The number of furan rings is 2. The zero-order chi connectivity index (χ0) is 19.1. The van der Waals surface area contributed by atoms with Crippen LogP contribution in [0.1, 0.15) is 50.7 Å². The molecule has 0 atom stereocenters. The van der Waals surface area contributed by atoms with Crippen LogP contribution in [0.25, 0.3) is 43.9 Å². The maximum atomic E-state index is 6.19. The molecule has 0 saturated carbocycles. The topological polar surface area (TPSA) is 26.3 Å². The maximum absolute atomic E-state index is 6.19. The minimum atomic E-state index is 0.941. The fraction of sp³-hybridized carbons (Fsp3) is 0.308. The van der Waals surface area contributed by atoms with Crippen LogP contribution in [0.2, 0.25) is 0 Å². The van der Waals surface area contributed by atoms with E-state index in [1.54, 1.807) is 0 Å². The largest absolute Gasteiger partial charge is 0.456 e. The number of hydrogen-bond acceptors (Lipinski definition) is 2. The molecule has 3 aromatic carbocycles. The molecule has 0 N–H and O–H groups in total. The first kappa shape index (κ1) is 17.4. The molecule has 0 aliphatic rings. The second kappa shape index (κ2) is 7.01. The summed E-state index contributed by atoms with van der Waals surface area (Å²) in [5, 5.41) is 4.67. The van der Waals surface area contributed by atoms with Crippen LogP contribution in [0.5, 0.6) is 0 Å². The quantitative estimate of drug-likeness (QED) is 0.301. The minimum Gasteiger partial charge on any atom is -0.456 e. The fourth-order valence-corrected chi connectivity index (χ4v) is 4.21. The molecule has 0 aliphatic carbocycles. The molecule has 28 heavy (non-hydrogen) atoms. The van der Waals surface area contributed by atoms with Crippen molar-refractivity contribution in [3.05, 3.63) is 59.7 Å². The molecule has 2 heterocycles. The smallest absolute Gasteiger partial charge is 0.136 e. The standard InChI is InChI=1S/C26H26O2/c1-3-5-7-17-9-11-23-19(13-17)21-15-26-22(16-25(21)27-23)20-14-18(8-6-4-2)10-12-24(20)28-26/h9-16H,3-8H2,1-2H3. The van der Waals surface area contributed by atoms with E-state index in [1.165, 1.54) is 47.6 Å². The summed E-state index contributed by atoms with van der Waals surface area (Å²) in [6.07, 6.45) is 7.10. The van der Waals surface area contributed by atoms with Crippen LogP contribution in [0.3, 0.4) is 0 Å². The number of hydrogen-bond donors (Lipinski definition) is 0. The molecule has 2 heteroatoms. The van der Waals surface area contributed by atoms with Gasteiger partial charge < -0.3 is 8.83 Å². The molecule has 2 aromatic heterocycles. The summed E-state index contributed by atoms with van der Waals surface area (Å²) in [5.74, 6) is 0. The minimum absolute atomic E-state index is 0.941. The Hall–Kier alpha value is -2.74. The molecule has 0 aliphatic heterocycles. The summed E-state index contributed by atoms with van der Waals surface area (Å²) in [5.41, 5.74) is 6.55. The Morgan fingerprint density at radius 1 is 0.536 bits per heavy atom. The summed E-state index contributed by atoms with van der Waals surface area (Å²) in [6.45, 7) is 4.47. The van der Waals surface area contributed by atoms with Crippen molar-refractivity contribution in [1.29, 1.82) is 0 Å². The van der Waals surface area contributed by atoms with E-state index in [0.717, 1.165) is 45.9 Å². The van der Waals surface area contributed by atoms with Gasteiger partial charge in [-0.25, -0.2) is 0 Å². The third-order valence-corrected chi connectivity index (χ3v) is 5.83. The molecule has 0 bridgehead atoms. The lowest BCUT2D eigenvalue weighted by Gasteiger charge is -1.99. The average Bonchev–Trinajstić information content (AvgIpc) is 3.25. The summed E-state index contributed by atoms with van der Waals surface area (Å²) in [7, 11) is 0. The predicted octanol–water partition coefficient (Wildman–Crippen LogP) is 8.17. The Morgan fingerprint density at radius 2 is 0.964 bits per heavy atom. The molecular weight excluding hydrogens is 344 g/mol. The lowest BCUT2D eigenvalue weighted by molar-refractivity contribution is 0.663. The summed E-state index contributed by atoms with van der Waals surface area (Å²) in [4.78, 5) is 0. The van der Waals surface area contributed by atoms with Gasteiger partial charge in [-0.1, -0.05) is 38.8 Å². The molecule has 5 aromatic rings. The first-order valence-corrected chi connectivity index (χ1v) is 10.6. The van der Waals surface area contributed by atoms with E-state index < -0.39 is 0 Å². The van der Waals surface area contributed by atoms with Crippen molar-refractivity contribution in [2.75, 3.05) is 0 Å². The van der Waals surface area contributed by atoms with Gasteiger partial charge in [0.2, 0.25) is 0 Å². The van der Waals surface area contributed by atoms with Crippen molar-refractivity contribution in [2.45, 2.75) is 52.4 Å². The molecule has 0 radical (unpaired) electrons. The Kier molecular flexibility index (Phi) is 4.35. The van der Waals surface area contributed by atoms with Crippen molar-refractivity contribution in [2.24, 2.45) is 0 Å². The molecule has 5 rings (SSSR count). The lowest BCUT2D eigenvalue weighted by Crippen LogP contribution is -1.83. The molecule has 0 spiro atoms. The number of fused-ring (bicyclic) bond motifs is 6. The van der Waals surface area contributed by atoms with E-state index >= 15 is 0 Å². The van der Waals surface area contributed by atoms with Gasteiger partial charge in [0.15, 0.2) is 0 Å². The molecule has 0 amide bonds. The van der Waals surface area contributed by atoms with Gasteiger partial charge in [0.25, 0.3) is 0 Å². The normalized spacial score (nSPS) is 12.1. The summed E-state index contributed by atoms with van der Waals surface area (Å²) in [6, 6.07) is 17.5. The molecule has 2 nitrogen and oxygen atoms in total. The second-order valence-electron chi connectivity index (χ2n) is 7.92. The van der Waals surface area contributed by atoms with Gasteiger partial charge in [-0.3, -0.25) is 0 Å². The Morgan fingerprint density at radius 3 is 1.39 bits per heavy atom. The van der Waals surface area contributed by atoms with E-state index in [-0.39, 0.29) is 0 Å². The van der Waals surface area contributed by atoms with Crippen molar-refractivity contribution in [1.82, 2.24) is 0 Å².